The van der Waals surface area contributed by atoms with E-state index in [2.05, 4.69) is 15.3 Å². The number of benzene rings is 2. The maximum Gasteiger partial charge on any atom is 0.354 e. The zero-order valence-corrected chi connectivity index (χ0v) is 19.8. The van der Waals surface area contributed by atoms with E-state index >= 15 is 0 Å². The minimum Gasteiger partial charge on any atom is -0.478 e. The third-order valence-corrected chi connectivity index (χ3v) is 5.37. The lowest BCUT2D eigenvalue weighted by molar-refractivity contribution is 0.0696. The zero-order valence-electron chi connectivity index (χ0n) is 19.8. The van der Waals surface area contributed by atoms with Crippen LogP contribution < -0.4 is 21.4 Å². The third kappa shape index (κ3) is 6.07. The van der Waals surface area contributed by atoms with Gasteiger partial charge >= 0.3 is 17.3 Å². The van der Waals surface area contributed by atoms with Gasteiger partial charge in [-0.1, -0.05) is 29.8 Å². The smallest absolute Gasteiger partial charge is 0.354 e. The van der Waals surface area contributed by atoms with Crippen molar-refractivity contribution >= 4 is 17.6 Å². The second kappa shape index (κ2) is 11.0. The summed E-state index contributed by atoms with van der Waals surface area (Å²) in [6.07, 6.45) is 1.34. The highest BCUT2D eigenvalue weighted by molar-refractivity contribution is 5.87. The van der Waals surface area contributed by atoms with Gasteiger partial charge < -0.3 is 15.2 Å². The van der Waals surface area contributed by atoms with E-state index in [1.807, 2.05) is 37.3 Å². The summed E-state index contributed by atoms with van der Waals surface area (Å²) in [5.41, 5.74) is 1.14. The molecule has 0 unspecified atom stereocenters. The van der Waals surface area contributed by atoms with E-state index < -0.39 is 17.3 Å². The van der Waals surface area contributed by atoms with Crippen LogP contribution in [-0.2, 0) is 13.1 Å². The van der Waals surface area contributed by atoms with E-state index in [9.17, 15) is 14.4 Å². The monoisotopic (exact) mass is 498 g/mol. The second-order valence-corrected chi connectivity index (χ2v) is 8.07. The first-order valence-electron chi connectivity index (χ1n) is 11.2. The first-order valence-corrected chi connectivity index (χ1v) is 11.2. The van der Waals surface area contributed by atoms with Crippen LogP contribution in [0.15, 0.2) is 76.4 Å². The van der Waals surface area contributed by atoms with Crippen molar-refractivity contribution in [3.63, 3.8) is 0 Å². The Bertz CT molecular complexity index is 1580. The summed E-state index contributed by atoms with van der Waals surface area (Å²) < 4.78 is 7.91. The molecular weight excluding hydrogens is 476 g/mol. The summed E-state index contributed by atoms with van der Waals surface area (Å²) in [4.78, 5) is 45.0. The molecule has 0 saturated carbocycles. The van der Waals surface area contributed by atoms with Gasteiger partial charge in [0.15, 0.2) is 0 Å². The molecule has 11 nitrogen and oxygen atoms in total. The van der Waals surface area contributed by atoms with E-state index in [0.717, 1.165) is 15.7 Å². The highest BCUT2D eigenvalue weighted by Crippen LogP contribution is 2.23. The lowest BCUT2D eigenvalue weighted by Crippen LogP contribution is -2.42. The Morgan fingerprint density at radius 2 is 1.81 bits per heavy atom. The number of nitrogens with zero attached hydrogens (tertiary/aromatic N) is 5. The van der Waals surface area contributed by atoms with Crippen molar-refractivity contribution in [3.8, 4) is 17.7 Å². The van der Waals surface area contributed by atoms with Gasteiger partial charge in [-0.25, -0.2) is 23.9 Å². The van der Waals surface area contributed by atoms with Crippen LogP contribution in [0.25, 0.3) is 0 Å². The molecule has 4 rings (SSSR count). The summed E-state index contributed by atoms with van der Waals surface area (Å²) in [7, 11) is 0. The molecule has 0 aliphatic carbocycles. The number of hydrogen-bond acceptors (Lipinski definition) is 8. The predicted molar refractivity (Wildman–Crippen MR) is 134 cm³/mol. The number of anilines is 2. The number of pyridine rings is 1. The number of hydrogen-bond donors (Lipinski definition) is 2. The molecule has 0 radical (unpaired) electrons. The van der Waals surface area contributed by atoms with E-state index in [4.69, 9.17) is 15.1 Å². The molecule has 0 fully saturated rings. The third-order valence-electron chi connectivity index (χ3n) is 5.37. The molecule has 0 spiro atoms. The Kier molecular flexibility index (Phi) is 7.40. The number of aryl methyl sites for hydroxylation is 1. The van der Waals surface area contributed by atoms with Gasteiger partial charge in [0.1, 0.15) is 5.75 Å². The van der Waals surface area contributed by atoms with Crippen molar-refractivity contribution in [1.82, 2.24) is 19.1 Å². The molecule has 0 amide bonds. The molecule has 2 N–H and O–H groups in total. The van der Waals surface area contributed by atoms with E-state index in [0.29, 0.717) is 11.4 Å². The molecule has 37 heavy (non-hydrogen) atoms. The minimum atomic E-state index is -1.09. The number of aromatic nitrogens is 4. The predicted octanol–water partition coefficient (Wildman–Crippen LogP) is 3.30. The van der Waals surface area contributed by atoms with Crippen LogP contribution in [0.4, 0.5) is 11.6 Å². The molecule has 2 aromatic heterocycles. The van der Waals surface area contributed by atoms with Crippen molar-refractivity contribution in [2.45, 2.75) is 26.4 Å². The number of carboxylic acid groups (broad SMARTS) is 1. The van der Waals surface area contributed by atoms with Crippen molar-refractivity contribution in [3.05, 3.63) is 105 Å². The average molecular weight is 498 g/mol. The van der Waals surface area contributed by atoms with Crippen LogP contribution in [0.2, 0.25) is 0 Å². The van der Waals surface area contributed by atoms with Gasteiger partial charge in [-0.05, 0) is 42.8 Å². The molecular formula is C26H22N6O5. The number of aromatic carboxylic acids is 1. The quantitative estimate of drug-likeness (QED) is 0.354. The molecule has 2 heterocycles. The maximum absolute atomic E-state index is 13.2. The largest absolute Gasteiger partial charge is 0.478 e. The zero-order chi connectivity index (χ0) is 26.4. The fourth-order valence-electron chi connectivity index (χ4n) is 3.45. The summed E-state index contributed by atoms with van der Waals surface area (Å²) >= 11 is 0. The Hall–Kier alpha value is -5.24. The molecule has 0 atom stereocenters. The Morgan fingerprint density at radius 3 is 2.49 bits per heavy atom. The van der Waals surface area contributed by atoms with Gasteiger partial charge in [0, 0.05) is 24.5 Å². The van der Waals surface area contributed by atoms with Crippen LogP contribution in [0, 0.1) is 18.3 Å². The second-order valence-electron chi connectivity index (χ2n) is 8.07. The van der Waals surface area contributed by atoms with Crippen molar-refractivity contribution in [1.29, 1.82) is 5.26 Å². The van der Waals surface area contributed by atoms with E-state index in [1.54, 1.807) is 24.3 Å². The fraction of sp³-hybridized carbons (Fsp3) is 0.154. The lowest BCUT2D eigenvalue weighted by atomic mass is 10.1. The van der Waals surface area contributed by atoms with Gasteiger partial charge in [0.2, 0.25) is 11.8 Å². The van der Waals surface area contributed by atoms with Gasteiger partial charge in [0.05, 0.1) is 24.6 Å². The number of ether oxygens (including phenoxy) is 1. The molecule has 186 valence electrons. The molecule has 0 saturated heterocycles. The number of carboxylic acids is 1. The van der Waals surface area contributed by atoms with Gasteiger partial charge in [-0.15, -0.1) is 0 Å². The minimum absolute atomic E-state index is 0.000173. The van der Waals surface area contributed by atoms with Crippen LogP contribution in [0.3, 0.4) is 0 Å². The highest BCUT2D eigenvalue weighted by Gasteiger charge is 2.14. The molecule has 0 bridgehead atoms. The Labute approximate surface area is 210 Å². The number of rotatable bonds is 9. The number of carbonyl (C=O) groups is 1. The SMILES string of the molecule is Cc1ccc(Cn2c(Nc3ccc(Oc4cc(C(=O)O)ccn4)cc3)nc(=O)n(CCC#N)c2=O)cc1. The number of nitriles is 1. The van der Waals surface area contributed by atoms with Gasteiger partial charge in [0.25, 0.3) is 0 Å². The number of nitrogens with one attached hydrogen (secondary N) is 1. The average Bonchev–Trinajstić information content (AvgIpc) is 2.88. The summed E-state index contributed by atoms with van der Waals surface area (Å²) in [5.74, 6) is -0.522. The molecule has 11 heteroatoms. The van der Waals surface area contributed by atoms with Crippen LogP contribution >= 0.6 is 0 Å². The topological polar surface area (TPSA) is 152 Å². The maximum atomic E-state index is 13.2. The van der Waals surface area contributed by atoms with Gasteiger partial charge in [-0.3, -0.25) is 4.57 Å². The van der Waals surface area contributed by atoms with E-state index in [1.165, 1.54) is 22.9 Å². The Morgan fingerprint density at radius 1 is 1.08 bits per heavy atom. The highest BCUT2D eigenvalue weighted by atomic mass is 16.5. The van der Waals surface area contributed by atoms with Crippen molar-refractivity contribution in [2.24, 2.45) is 0 Å². The molecule has 0 aliphatic heterocycles. The first-order chi connectivity index (χ1) is 17.8. The van der Waals surface area contributed by atoms with Crippen molar-refractivity contribution in [2.75, 3.05) is 5.32 Å². The van der Waals surface area contributed by atoms with Crippen molar-refractivity contribution < 1.29 is 14.6 Å². The van der Waals surface area contributed by atoms with Gasteiger partial charge in [-0.2, -0.15) is 10.2 Å². The van der Waals surface area contributed by atoms with Crippen LogP contribution in [0.5, 0.6) is 11.6 Å². The molecule has 2 aromatic carbocycles. The standard InChI is InChI=1S/C26H22N6O5/c1-17-3-5-18(6-4-17)16-32-24(30-25(35)31(26(32)36)14-2-12-27)29-20-7-9-21(10-8-20)37-22-15-19(23(33)34)11-13-28-22/h3-11,13,15H,2,14,16H2,1H3,(H,33,34)(H,29,30,35). The van der Waals surface area contributed by atoms with Crippen LogP contribution in [-0.4, -0.2) is 30.2 Å². The fourth-order valence-corrected chi connectivity index (χ4v) is 3.45. The lowest BCUT2D eigenvalue weighted by Gasteiger charge is -2.15. The first kappa shape index (κ1) is 24.9. The molecule has 4 aromatic rings. The summed E-state index contributed by atoms with van der Waals surface area (Å²) in [6.45, 7) is 2.06. The van der Waals surface area contributed by atoms with E-state index in [-0.39, 0.29) is 36.9 Å². The Balaban J connectivity index is 1.62. The summed E-state index contributed by atoms with van der Waals surface area (Å²) in [6, 6.07) is 18.8. The van der Waals surface area contributed by atoms with Crippen LogP contribution in [0.1, 0.15) is 27.9 Å². The summed E-state index contributed by atoms with van der Waals surface area (Å²) in [5, 5.41) is 21.0. The molecule has 0 aliphatic rings. The normalized spacial score (nSPS) is 10.5.